The maximum atomic E-state index is 13.0. The Labute approximate surface area is 369 Å². The Morgan fingerprint density at radius 1 is 0.550 bits per heavy atom. The number of amides is 1. The van der Waals surface area contributed by atoms with Crippen molar-refractivity contribution in [2.75, 3.05) is 13.2 Å². The Morgan fingerprint density at radius 3 is 1.30 bits per heavy atom. The molecule has 0 radical (unpaired) electrons. The van der Waals surface area contributed by atoms with E-state index in [2.05, 4.69) is 19.2 Å². The minimum absolute atomic E-state index is 0.172. The number of unbranched alkanes of at least 4 members (excludes halogenated alkanes) is 34. The van der Waals surface area contributed by atoms with Crippen LogP contribution in [0.4, 0.5) is 0 Å². The van der Waals surface area contributed by atoms with Crippen molar-refractivity contribution >= 4 is 5.91 Å². The van der Waals surface area contributed by atoms with Crippen molar-refractivity contribution in [2.24, 2.45) is 0 Å². The van der Waals surface area contributed by atoms with Crippen LogP contribution in [0.25, 0.3) is 0 Å². The van der Waals surface area contributed by atoms with Crippen molar-refractivity contribution in [1.82, 2.24) is 5.32 Å². The second-order valence-electron chi connectivity index (χ2n) is 18.3. The summed E-state index contributed by atoms with van der Waals surface area (Å²) in [5, 5.41) is 54.3. The van der Waals surface area contributed by atoms with E-state index < -0.39 is 49.5 Å². The van der Waals surface area contributed by atoms with E-state index in [-0.39, 0.29) is 12.5 Å². The van der Waals surface area contributed by atoms with Crippen molar-refractivity contribution in [3.63, 3.8) is 0 Å². The smallest absolute Gasteiger partial charge is 0.220 e. The lowest BCUT2D eigenvalue weighted by Gasteiger charge is -2.40. The number of carbonyl (C=O) groups excluding carboxylic acids is 1. The molecule has 0 saturated carbocycles. The number of ether oxygens (including phenoxy) is 2. The molecule has 0 spiro atoms. The van der Waals surface area contributed by atoms with E-state index in [4.69, 9.17) is 9.47 Å². The predicted octanol–water partition coefficient (Wildman–Crippen LogP) is 11.7. The van der Waals surface area contributed by atoms with E-state index >= 15 is 0 Å². The van der Waals surface area contributed by atoms with E-state index in [0.29, 0.717) is 6.42 Å². The first-order chi connectivity index (χ1) is 29.3. The van der Waals surface area contributed by atoms with Gasteiger partial charge in [-0.3, -0.25) is 4.79 Å². The monoisotopic (exact) mass is 854 g/mol. The van der Waals surface area contributed by atoms with E-state index in [9.17, 15) is 30.3 Å². The maximum Gasteiger partial charge on any atom is 0.220 e. The highest BCUT2D eigenvalue weighted by Crippen LogP contribution is 2.23. The Hall–Kier alpha value is -1.07. The molecule has 7 atom stereocenters. The van der Waals surface area contributed by atoms with Gasteiger partial charge in [-0.25, -0.2) is 0 Å². The molecule has 1 fully saturated rings. The number of aliphatic hydroxyl groups is 5. The van der Waals surface area contributed by atoms with Crippen LogP contribution < -0.4 is 5.32 Å². The molecule has 6 N–H and O–H groups in total. The van der Waals surface area contributed by atoms with Gasteiger partial charge in [-0.1, -0.05) is 238 Å². The van der Waals surface area contributed by atoms with Crippen molar-refractivity contribution in [3.05, 3.63) is 12.2 Å². The molecular formula is C51H99NO8. The van der Waals surface area contributed by atoms with Crippen LogP contribution >= 0.6 is 0 Å². The molecule has 356 valence electrons. The summed E-state index contributed by atoms with van der Waals surface area (Å²) >= 11 is 0. The highest BCUT2D eigenvalue weighted by Gasteiger charge is 2.44. The Bertz CT molecular complexity index is 950. The lowest BCUT2D eigenvalue weighted by atomic mass is 9.99. The first-order valence-electron chi connectivity index (χ1n) is 25.9. The molecule has 1 rings (SSSR count). The summed E-state index contributed by atoms with van der Waals surface area (Å²) < 4.78 is 11.2. The van der Waals surface area contributed by atoms with Crippen molar-refractivity contribution < 1.29 is 39.8 Å². The molecule has 9 heteroatoms. The van der Waals surface area contributed by atoms with Crippen LogP contribution in [0.2, 0.25) is 0 Å². The number of aliphatic hydroxyl groups excluding tert-OH is 5. The zero-order valence-electron chi connectivity index (χ0n) is 39.2. The molecule has 0 aromatic rings. The fourth-order valence-corrected chi connectivity index (χ4v) is 8.45. The molecule has 1 amide bonds. The molecule has 1 aliphatic heterocycles. The largest absolute Gasteiger partial charge is 0.394 e. The van der Waals surface area contributed by atoms with Crippen LogP contribution in [-0.4, -0.2) is 87.5 Å². The van der Waals surface area contributed by atoms with Crippen LogP contribution in [-0.2, 0) is 14.3 Å². The average molecular weight is 854 g/mol. The molecule has 0 aliphatic carbocycles. The van der Waals surface area contributed by atoms with Gasteiger partial charge in [0, 0.05) is 6.42 Å². The standard InChI is InChI=1S/C51H99NO8/c1-3-5-7-9-11-13-15-17-19-21-22-23-25-27-29-31-33-35-37-39-41-47(55)52-44(43-59-51-50(58)49(57)48(56)46(42-53)60-51)45(54)40-38-36-34-32-30-28-26-24-20-18-16-14-12-10-8-6-4-2/h38,40,44-46,48-51,53-54,56-58H,3-37,39,41-43H2,1-2H3,(H,52,55)/b40-38+. The molecule has 1 heterocycles. The topological polar surface area (TPSA) is 149 Å². The highest BCUT2D eigenvalue weighted by atomic mass is 16.7. The van der Waals surface area contributed by atoms with Gasteiger partial charge in [0.2, 0.25) is 5.91 Å². The van der Waals surface area contributed by atoms with Gasteiger partial charge in [0.05, 0.1) is 25.4 Å². The summed E-state index contributed by atoms with van der Waals surface area (Å²) in [6.07, 6.45) is 42.6. The van der Waals surface area contributed by atoms with Gasteiger partial charge >= 0.3 is 0 Å². The number of rotatable bonds is 44. The molecule has 60 heavy (non-hydrogen) atoms. The number of allylic oxidation sites excluding steroid dienone is 1. The minimum atomic E-state index is -1.56. The number of carbonyl (C=O) groups is 1. The summed E-state index contributed by atoms with van der Waals surface area (Å²) in [5.41, 5.74) is 0. The second-order valence-corrected chi connectivity index (χ2v) is 18.3. The molecule has 0 aromatic heterocycles. The first-order valence-corrected chi connectivity index (χ1v) is 25.9. The molecule has 1 saturated heterocycles. The first kappa shape index (κ1) is 56.9. The lowest BCUT2D eigenvalue weighted by Crippen LogP contribution is -2.60. The van der Waals surface area contributed by atoms with Crippen molar-refractivity contribution in [2.45, 2.75) is 294 Å². The van der Waals surface area contributed by atoms with Gasteiger partial charge in [0.25, 0.3) is 0 Å². The summed E-state index contributed by atoms with van der Waals surface area (Å²) in [5.74, 6) is -0.172. The zero-order valence-corrected chi connectivity index (χ0v) is 39.2. The normalized spacial score (nSPS) is 20.6. The fraction of sp³-hybridized carbons (Fsp3) is 0.941. The minimum Gasteiger partial charge on any atom is -0.394 e. The summed E-state index contributed by atoms with van der Waals surface area (Å²) in [7, 11) is 0. The van der Waals surface area contributed by atoms with Gasteiger partial charge in [-0.05, 0) is 19.3 Å². The van der Waals surface area contributed by atoms with Gasteiger partial charge < -0.3 is 40.3 Å². The zero-order chi connectivity index (χ0) is 43.7. The predicted molar refractivity (Wildman–Crippen MR) is 249 cm³/mol. The second kappa shape index (κ2) is 41.9. The SMILES string of the molecule is CCCCCCCCCCCCCCCCC/C=C/C(O)C(COC1OC(CO)C(O)C(O)C1O)NC(=O)CCCCCCCCCCCCCCCCCCCCCC. The molecule has 1 aliphatic rings. The quantitative estimate of drug-likeness (QED) is 0.0262. The van der Waals surface area contributed by atoms with Gasteiger partial charge in [0.1, 0.15) is 24.4 Å². The lowest BCUT2D eigenvalue weighted by molar-refractivity contribution is -0.302. The Kier molecular flexibility index (Phi) is 39.8. The molecule has 9 nitrogen and oxygen atoms in total. The Balaban J connectivity index is 2.28. The van der Waals surface area contributed by atoms with E-state index in [0.717, 1.165) is 38.5 Å². The van der Waals surface area contributed by atoms with Gasteiger partial charge in [-0.2, -0.15) is 0 Å². The van der Waals surface area contributed by atoms with Crippen LogP contribution in [0, 0.1) is 0 Å². The van der Waals surface area contributed by atoms with Crippen molar-refractivity contribution in [1.29, 1.82) is 0 Å². The number of nitrogens with one attached hydrogen (secondary N) is 1. The average Bonchev–Trinajstić information content (AvgIpc) is 3.25. The third kappa shape index (κ3) is 31.7. The van der Waals surface area contributed by atoms with Gasteiger partial charge in [-0.15, -0.1) is 0 Å². The molecule has 0 aromatic carbocycles. The number of hydrogen-bond acceptors (Lipinski definition) is 8. The van der Waals surface area contributed by atoms with E-state index in [1.54, 1.807) is 6.08 Å². The third-order valence-corrected chi connectivity index (χ3v) is 12.6. The highest BCUT2D eigenvalue weighted by molar-refractivity contribution is 5.76. The third-order valence-electron chi connectivity index (χ3n) is 12.6. The van der Waals surface area contributed by atoms with E-state index in [1.165, 1.54) is 193 Å². The van der Waals surface area contributed by atoms with E-state index in [1.807, 2.05) is 6.08 Å². The maximum absolute atomic E-state index is 13.0. The van der Waals surface area contributed by atoms with Crippen LogP contribution in [0.3, 0.4) is 0 Å². The molecule has 0 bridgehead atoms. The van der Waals surface area contributed by atoms with Crippen LogP contribution in [0.5, 0.6) is 0 Å². The fourth-order valence-electron chi connectivity index (χ4n) is 8.45. The molecular weight excluding hydrogens is 755 g/mol. The summed E-state index contributed by atoms with van der Waals surface area (Å²) in [6, 6.07) is -0.799. The van der Waals surface area contributed by atoms with Crippen molar-refractivity contribution in [3.8, 4) is 0 Å². The number of hydrogen-bond donors (Lipinski definition) is 6. The Morgan fingerprint density at radius 2 is 0.917 bits per heavy atom. The summed E-state index contributed by atoms with van der Waals surface area (Å²) in [4.78, 5) is 13.0. The van der Waals surface area contributed by atoms with Gasteiger partial charge in [0.15, 0.2) is 6.29 Å². The van der Waals surface area contributed by atoms with Crippen LogP contribution in [0.15, 0.2) is 12.2 Å². The molecule has 7 unspecified atom stereocenters. The summed E-state index contributed by atoms with van der Waals surface area (Å²) in [6.45, 7) is 3.81. The van der Waals surface area contributed by atoms with Crippen LogP contribution in [0.1, 0.15) is 251 Å².